The molecule has 35 heavy (non-hydrogen) atoms. The highest BCUT2D eigenvalue weighted by Crippen LogP contribution is 2.39. The molecule has 7 nitrogen and oxygen atoms in total. The van der Waals surface area contributed by atoms with Gasteiger partial charge in [0.1, 0.15) is 16.8 Å². The van der Waals surface area contributed by atoms with Crippen LogP contribution in [0.2, 0.25) is 0 Å². The first kappa shape index (κ1) is 23.7. The van der Waals surface area contributed by atoms with Crippen molar-refractivity contribution < 1.29 is 14.5 Å². The van der Waals surface area contributed by atoms with Crippen molar-refractivity contribution in [2.45, 2.75) is 16.8 Å². The Morgan fingerprint density at radius 1 is 1.06 bits per heavy atom. The molecule has 172 valence electrons. The third-order valence-electron chi connectivity index (χ3n) is 5.41. The summed E-state index contributed by atoms with van der Waals surface area (Å²) in [6.45, 7) is 1.93. The first-order chi connectivity index (χ1) is 16.9. The quantitative estimate of drug-likeness (QED) is 0.169. The van der Waals surface area contributed by atoms with Gasteiger partial charge < -0.3 is 4.74 Å². The number of nitro benzene ring substituents is 1. The number of aryl methyl sites for hydroxylation is 1. The van der Waals surface area contributed by atoms with Gasteiger partial charge in [-0.2, -0.15) is 5.26 Å². The molecular formula is C27H19N3O4S. The van der Waals surface area contributed by atoms with Crippen molar-refractivity contribution in [2.75, 3.05) is 7.11 Å². The van der Waals surface area contributed by atoms with E-state index in [0.29, 0.717) is 33.0 Å². The van der Waals surface area contributed by atoms with Crippen LogP contribution < -0.4 is 4.74 Å². The number of nitrogens with zero attached hydrogens (tertiary/aromatic N) is 3. The first-order valence-electron chi connectivity index (χ1n) is 10.5. The van der Waals surface area contributed by atoms with Gasteiger partial charge in [0, 0.05) is 33.7 Å². The topological polar surface area (TPSA) is 106 Å². The SMILES string of the molecule is COc1ccc(-c2cc(-c3ccccc3)nc(Sc3ccc([N+](=O)[O-])cc3C=O)c2C#N)cc1C. The number of methoxy groups -OCH3 is 1. The third-order valence-corrected chi connectivity index (χ3v) is 6.49. The van der Waals surface area contributed by atoms with Gasteiger partial charge in [-0.25, -0.2) is 4.98 Å². The number of non-ortho nitro benzene ring substituents is 1. The highest BCUT2D eigenvalue weighted by atomic mass is 32.2. The first-order valence-corrected chi connectivity index (χ1v) is 11.3. The summed E-state index contributed by atoms with van der Waals surface area (Å²) in [5.74, 6) is 0.737. The predicted molar refractivity (Wildman–Crippen MR) is 134 cm³/mol. The number of pyridine rings is 1. The Bertz CT molecular complexity index is 1480. The molecule has 0 saturated heterocycles. The van der Waals surface area contributed by atoms with E-state index in [2.05, 4.69) is 6.07 Å². The molecule has 3 aromatic carbocycles. The lowest BCUT2D eigenvalue weighted by atomic mass is 9.97. The fraction of sp³-hybridized carbons (Fsp3) is 0.0741. The maximum atomic E-state index is 11.7. The third kappa shape index (κ3) is 4.90. The lowest BCUT2D eigenvalue weighted by Gasteiger charge is -2.14. The van der Waals surface area contributed by atoms with Gasteiger partial charge in [-0.05, 0) is 42.3 Å². The van der Waals surface area contributed by atoms with Crippen LogP contribution in [0.3, 0.4) is 0 Å². The van der Waals surface area contributed by atoms with Gasteiger partial charge in [-0.1, -0.05) is 48.2 Å². The van der Waals surface area contributed by atoms with E-state index in [0.717, 1.165) is 34.2 Å². The predicted octanol–water partition coefficient (Wildman–Crippen LogP) is 6.48. The van der Waals surface area contributed by atoms with Gasteiger partial charge in [-0.3, -0.25) is 14.9 Å². The Hall–Kier alpha value is -4.48. The summed E-state index contributed by atoms with van der Waals surface area (Å²) in [5, 5.41) is 21.7. The number of ether oxygens (including phenoxy) is 1. The van der Waals surface area contributed by atoms with E-state index in [1.54, 1.807) is 7.11 Å². The Balaban J connectivity index is 1.92. The molecule has 0 spiro atoms. The summed E-state index contributed by atoms with van der Waals surface area (Å²) in [5.41, 5.74) is 4.26. The van der Waals surface area contributed by atoms with E-state index < -0.39 is 4.92 Å². The molecule has 0 radical (unpaired) electrons. The van der Waals surface area contributed by atoms with Crippen LogP contribution in [0.4, 0.5) is 5.69 Å². The number of nitro groups is 1. The Morgan fingerprint density at radius 2 is 1.83 bits per heavy atom. The van der Waals surface area contributed by atoms with Crippen LogP contribution in [0, 0.1) is 28.4 Å². The number of aromatic nitrogens is 1. The van der Waals surface area contributed by atoms with Gasteiger partial charge in [0.25, 0.3) is 5.69 Å². The van der Waals surface area contributed by atoms with Crippen LogP contribution in [0.15, 0.2) is 82.7 Å². The molecule has 0 aliphatic rings. The second-order valence-corrected chi connectivity index (χ2v) is 8.63. The molecule has 0 bridgehead atoms. The molecular weight excluding hydrogens is 462 g/mol. The van der Waals surface area contributed by atoms with Gasteiger partial charge in [0.15, 0.2) is 6.29 Å². The summed E-state index contributed by atoms with van der Waals surface area (Å²) in [7, 11) is 1.60. The zero-order chi connectivity index (χ0) is 24.9. The van der Waals surface area contributed by atoms with Gasteiger partial charge in [0.05, 0.1) is 23.3 Å². The van der Waals surface area contributed by atoms with Crippen LogP contribution in [0.1, 0.15) is 21.5 Å². The normalized spacial score (nSPS) is 10.4. The number of carbonyl (C=O) groups is 1. The molecule has 4 aromatic rings. The van der Waals surface area contributed by atoms with E-state index in [1.807, 2.05) is 61.5 Å². The number of benzene rings is 3. The second-order valence-electron chi connectivity index (χ2n) is 7.60. The van der Waals surface area contributed by atoms with E-state index in [4.69, 9.17) is 9.72 Å². The number of nitriles is 1. The summed E-state index contributed by atoms with van der Waals surface area (Å²) in [6, 6.07) is 23.4. The highest BCUT2D eigenvalue weighted by molar-refractivity contribution is 7.99. The molecule has 0 amide bonds. The Kier molecular flexibility index (Phi) is 6.90. The van der Waals surface area contributed by atoms with E-state index >= 15 is 0 Å². The summed E-state index contributed by atoms with van der Waals surface area (Å²) in [6.07, 6.45) is 0.566. The van der Waals surface area contributed by atoms with Crippen molar-refractivity contribution >= 4 is 23.7 Å². The molecule has 0 aliphatic heterocycles. The second kappa shape index (κ2) is 10.2. The Morgan fingerprint density at radius 3 is 2.46 bits per heavy atom. The number of hydrogen-bond donors (Lipinski definition) is 0. The van der Waals surface area contributed by atoms with Crippen molar-refractivity contribution in [1.29, 1.82) is 5.26 Å². The Labute approximate surface area is 206 Å². The molecule has 0 saturated carbocycles. The zero-order valence-electron chi connectivity index (χ0n) is 18.9. The molecule has 0 unspecified atom stereocenters. The molecule has 0 aliphatic carbocycles. The lowest BCUT2D eigenvalue weighted by Crippen LogP contribution is -1.98. The van der Waals surface area contributed by atoms with Crippen molar-refractivity contribution in [3.05, 3.63) is 99.6 Å². The minimum absolute atomic E-state index is 0.154. The minimum Gasteiger partial charge on any atom is -0.496 e. The van der Waals surface area contributed by atoms with Crippen LogP contribution in [-0.2, 0) is 0 Å². The fourth-order valence-electron chi connectivity index (χ4n) is 3.67. The number of hydrogen-bond acceptors (Lipinski definition) is 7. The molecule has 1 aromatic heterocycles. The van der Waals surface area contributed by atoms with E-state index in [-0.39, 0.29) is 11.3 Å². The van der Waals surface area contributed by atoms with Crippen LogP contribution in [0.25, 0.3) is 22.4 Å². The van der Waals surface area contributed by atoms with Gasteiger partial charge >= 0.3 is 0 Å². The van der Waals surface area contributed by atoms with Gasteiger partial charge in [-0.15, -0.1) is 0 Å². The van der Waals surface area contributed by atoms with Crippen LogP contribution in [0.5, 0.6) is 5.75 Å². The van der Waals surface area contributed by atoms with E-state index in [1.165, 1.54) is 18.2 Å². The lowest BCUT2D eigenvalue weighted by molar-refractivity contribution is -0.384. The van der Waals surface area contributed by atoms with Crippen molar-refractivity contribution in [1.82, 2.24) is 4.98 Å². The molecule has 8 heteroatoms. The van der Waals surface area contributed by atoms with Crippen molar-refractivity contribution in [3.63, 3.8) is 0 Å². The molecule has 4 rings (SSSR count). The number of aldehydes is 1. The molecule has 1 heterocycles. The van der Waals surface area contributed by atoms with Gasteiger partial charge in [0.2, 0.25) is 0 Å². The molecule has 0 atom stereocenters. The maximum Gasteiger partial charge on any atom is 0.270 e. The highest BCUT2D eigenvalue weighted by Gasteiger charge is 2.19. The molecule has 0 fully saturated rings. The fourth-order valence-corrected chi connectivity index (χ4v) is 4.64. The van der Waals surface area contributed by atoms with Crippen LogP contribution in [-0.4, -0.2) is 23.3 Å². The minimum atomic E-state index is -0.555. The maximum absolute atomic E-state index is 11.7. The summed E-state index contributed by atoms with van der Waals surface area (Å²) in [4.78, 5) is 27.5. The smallest absolute Gasteiger partial charge is 0.270 e. The largest absolute Gasteiger partial charge is 0.496 e. The number of rotatable bonds is 7. The van der Waals surface area contributed by atoms with Crippen molar-refractivity contribution in [2.24, 2.45) is 0 Å². The zero-order valence-corrected chi connectivity index (χ0v) is 19.7. The average Bonchev–Trinajstić information content (AvgIpc) is 2.88. The van der Waals surface area contributed by atoms with Crippen molar-refractivity contribution in [3.8, 4) is 34.2 Å². The number of carbonyl (C=O) groups excluding carboxylic acids is 1. The summed E-state index contributed by atoms with van der Waals surface area (Å²) >= 11 is 1.13. The average molecular weight is 482 g/mol. The van der Waals surface area contributed by atoms with Crippen LogP contribution >= 0.6 is 11.8 Å². The molecule has 0 N–H and O–H groups in total. The standard InChI is InChI=1S/C27H19N3O4S/c1-17-12-19(8-10-25(17)34-2)22-14-24(18-6-4-3-5-7-18)29-27(23(22)15-28)35-26-11-9-21(30(32)33)13-20(26)16-31/h3-14,16H,1-2H3. The monoisotopic (exact) mass is 481 g/mol. The summed E-state index contributed by atoms with van der Waals surface area (Å²) < 4.78 is 5.38. The van der Waals surface area contributed by atoms with E-state index in [9.17, 15) is 20.2 Å².